The molecule has 1 atom stereocenters. The average Bonchev–Trinajstić information content (AvgIpc) is 3.25. The van der Waals surface area contributed by atoms with Crippen LogP contribution in [0.5, 0.6) is 11.5 Å². The Morgan fingerprint density at radius 2 is 1.92 bits per heavy atom. The van der Waals surface area contributed by atoms with Crippen LogP contribution in [0.4, 0.5) is 26.3 Å². The molecule has 0 aliphatic heterocycles. The van der Waals surface area contributed by atoms with E-state index in [1.165, 1.54) is 19.2 Å². The topological polar surface area (TPSA) is 115 Å². The molecule has 0 aliphatic rings. The number of nitrogens with zero attached hydrogens (tertiary/aromatic N) is 3. The largest absolute Gasteiger partial charge is 0.506 e. The number of terminal acetylenes is 1. The maximum Gasteiger partial charge on any atom is 0.435 e. The number of aromatic hydroxyl groups is 1. The van der Waals surface area contributed by atoms with Crippen molar-refractivity contribution in [2.24, 2.45) is 12.8 Å². The van der Waals surface area contributed by atoms with Crippen molar-refractivity contribution in [2.75, 3.05) is 13.2 Å². The van der Waals surface area contributed by atoms with E-state index in [1.807, 2.05) is 0 Å². The van der Waals surface area contributed by atoms with Crippen LogP contribution in [0.25, 0.3) is 22.4 Å². The monoisotopic (exact) mass is 555 g/mol. The summed E-state index contributed by atoms with van der Waals surface area (Å²) in [4.78, 5) is 15.4. The first-order valence-corrected chi connectivity index (χ1v) is 11.3. The van der Waals surface area contributed by atoms with Crippen molar-refractivity contribution in [3.63, 3.8) is 0 Å². The molecule has 4 N–H and O–H groups in total. The van der Waals surface area contributed by atoms with Crippen LogP contribution in [-0.2, 0) is 24.2 Å². The number of amides is 1. The Kier molecular flexibility index (Phi) is 8.75. The standard InChI is InChI=1S/C25H23F6N5O3/c1-3-5-17(32)23(38)34-8-4-9-39-19-7-6-16(18-11-20(25(29,30)31)35-36(18)2)22(37)21(19)14-10-15(13-33-12-14)24(26,27)28/h1,6-7,10-13,17,37H,4-5,8-9,32H2,2H3,(H,34,38). The first-order valence-electron chi connectivity index (χ1n) is 11.3. The third-order valence-electron chi connectivity index (χ3n) is 5.49. The van der Waals surface area contributed by atoms with E-state index in [2.05, 4.69) is 21.3 Å². The second-order valence-electron chi connectivity index (χ2n) is 8.34. The van der Waals surface area contributed by atoms with E-state index in [4.69, 9.17) is 16.9 Å². The van der Waals surface area contributed by atoms with E-state index in [9.17, 15) is 36.2 Å². The highest BCUT2D eigenvalue weighted by molar-refractivity contribution is 5.85. The minimum atomic E-state index is -4.76. The van der Waals surface area contributed by atoms with Gasteiger partial charge >= 0.3 is 12.4 Å². The number of rotatable bonds is 9. The summed E-state index contributed by atoms with van der Waals surface area (Å²) in [6.45, 7) is 0.0869. The number of aryl methyl sites for hydroxylation is 1. The lowest BCUT2D eigenvalue weighted by atomic mass is 9.98. The number of halogens is 6. The molecular formula is C25H23F6N5O3. The van der Waals surface area contributed by atoms with Crippen LogP contribution >= 0.6 is 0 Å². The van der Waals surface area contributed by atoms with E-state index in [1.54, 1.807) is 0 Å². The Hall–Kier alpha value is -4.25. The van der Waals surface area contributed by atoms with Crippen molar-refractivity contribution in [2.45, 2.75) is 31.2 Å². The minimum absolute atomic E-state index is 0.0451. The summed E-state index contributed by atoms with van der Waals surface area (Å²) in [5, 5.41) is 17.1. The smallest absolute Gasteiger partial charge is 0.435 e. The maximum absolute atomic E-state index is 13.3. The lowest BCUT2D eigenvalue weighted by Gasteiger charge is -2.17. The molecule has 3 aromatic rings. The molecule has 2 heterocycles. The van der Waals surface area contributed by atoms with E-state index >= 15 is 0 Å². The van der Waals surface area contributed by atoms with Gasteiger partial charge in [-0.05, 0) is 30.7 Å². The summed E-state index contributed by atoms with van der Waals surface area (Å²) in [7, 11) is 1.23. The second-order valence-corrected chi connectivity index (χ2v) is 8.34. The van der Waals surface area contributed by atoms with E-state index < -0.39 is 41.3 Å². The van der Waals surface area contributed by atoms with Crippen LogP contribution in [-0.4, -0.2) is 45.0 Å². The van der Waals surface area contributed by atoms with Crippen molar-refractivity contribution < 1.29 is 41.0 Å². The summed E-state index contributed by atoms with van der Waals surface area (Å²) in [5.74, 6) is 1.09. The molecule has 1 amide bonds. The number of nitrogens with two attached hydrogens (primary N) is 1. The normalized spacial score (nSPS) is 12.6. The number of aromatic nitrogens is 3. The molecule has 0 saturated carbocycles. The Balaban J connectivity index is 1.95. The van der Waals surface area contributed by atoms with Crippen molar-refractivity contribution >= 4 is 5.91 Å². The molecule has 0 spiro atoms. The maximum atomic E-state index is 13.3. The predicted octanol–water partition coefficient (Wildman–Crippen LogP) is 4.13. The van der Waals surface area contributed by atoms with Gasteiger partial charge in [0.25, 0.3) is 0 Å². The summed E-state index contributed by atoms with van der Waals surface area (Å²) in [5.41, 5.74) is 2.60. The quantitative estimate of drug-likeness (QED) is 0.208. The molecule has 0 saturated heterocycles. The molecule has 1 aromatic carbocycles. The Morgan fingerprint density at radius 3 is 2.54 bits per heavy atom. The van der Waals surface area contributed by atoms with Crippen LogP contribution in [0.2, 0.25) is 0 Å². The van der Waals surface area contributed by atoms with Gasteiger partial charge in [-0.2, -0.15) is 31.4 Å². The zero-order valence-electron chi connectivity index (χ0n) is 20.4. The highest BCUT2D eigenvalue weighted by atomic mass is 19.4. The zero-order chi connectivity index (χ0) is 29.0. The lowest BCUT2D eigenvalue weighted by Crippen LogP contribution is -2.40. The van der Waals surface area contributed by atoms with Gasteiger partial charge in [-0.25, -0.2) is 0 Å². The molecule has 0 bridgehead atoms. The summed E-state index contributed by atoms with van der Waals surface area (Å²) in [6, 6.07) is 3.11. The Labute approximate surface area is 218 Å². The third kappa shape index (κ3) is 6.99. The van der Waals surface area contributed by atoms with Crippen LogP contribution < -0.4 is 15.8 Å². The van der Waals surface area contributed by atoms with Crippen LogP contribution in [0.3, 0.4) is 0 Å². The minimum Gasteiger partial charge on any atom is -0.506 e. The zero-order valence-corrected chi connectivity index (χ0v) is 20.4. The first kappa shape index (κ1) is 29.3. The molecule has 2 aromatic heterocycles. The van der Waals surface area contributed by atoms with Crippen molar-refractivity contribution in [3.8, 4) is 46.2 Å². The van der Waals surface area contributed by atoms with E-state index in [-0.39, 0.29) is 54.1 Å². The molecule has 208 valence electrons. The Morgan fingerprint density at radius 1 is 1.21 bits per heavy atom. The number of alkyl halides is 6. The van der Waals surface area contributed by atoms with Gasteiger partial charge in [0, 0.05) is 43.5 Å². The first-order chi connectivity index (χ1) is 18.2. The molecule has 1 unspecified atom stereocenters. The van der Waals surface area contributed by atoms with Gasteiger partial charge in [0.1, 0.15) is 11.5 Å². The van der Waals surface area contributed by atoms with E-state index in [0.717, 1.165) is 16.9 Å². The molecule has 0 aliphatic carbocycles. The van der Waals surface area contributed by atoms with Crippen LogP contribution in [0, 0.1) is 12.3 Å². The van der Waals surface area contributed by atoms with E-state index in [0.29, 0.717) is 12.3 Å². The molecule has 0 fully saturated rings. The van der Waals surface area contributed by atoms with Gasteiger partial charge in [-0.1, -0.05) is 0 Å². The summed E-state index contributed by atoms with van der Waals surface area (Å²) in [6.07, 6.45) is -2.46. The molecular weight excluding hydrogens is 532 g/mol. The molecule has 14 heteroatoms. The summed E-state index contributed by atoms with van der Waals surface area (Å²) >= 11 is 0. The number of hydrogen-bond donors (Lipinski definition) is 3. The SMILES string of the molecule is C#CCC(N)C(=O)NCCCOc1ccc(-c2cc(C(F)(F)F)nn2C)c(O)c1-c1cncc(C(F)(F)F)c1. The predicted molar refractivity (Wildman–Crippen MR) is 128 cm³/mol. The second kappa shape index (κ2) is 11.6. The van der Waals surface area contributed by atoms with Gasteiger partial charge < -0.3 is 20.9 Å². The van der Waals surface area contributed by atoms with Crippen LogP contribution in [0.1, 0.15) is 24.1 Å². The highest BCUT2D eigenvalue weighted by Crippen LogP contribution is 2.45. The number of phenolic OH excluding ortho intramolecular Hbond substituents is 1. The van der Waals surface area contributed by atoms with Crippen LogP contribution in [0.15, 0.2) is 36.7 Å². The third-order valence-corrected chi connectivity index (χ3v) is 5.49. The van der Waals surface area contributed by atoms with Gasteiger partial charge in [0.2, 0.25) is 5.91 Å². The number of carbonyl (C=O) groups excluding carboxylic acids is 1. The van der Waals surface area contributed by atoms with Gasteiger partial charge in [-0.3, -0.25) is 14.5 Å². The highest BCUT2D eigenvalue weighted by Gasteiger charge is 2.35. The number of benzene rings is 1. The lowest BCUT2D eigenvalue weighted by molar-refractivity contribution is -0.141. The fourth-order valence-corrected chi connectivity index (χ4v) is 3.58. The number of ether oxygens (including phenoxy) is 1. The number of hydrogen-bond acceptors (Lipinski definition) is 6. The number of pyridine rings is 1. The van der Waals surface area contributed by atoms with Crippen molar-refractivity contribution in [1.29, 1.82) is 0 Å². The van der Waals surface area contributed by atoms with Gasteiger partial charge in [0.05, 0.1) is 29.5 Å². The molecule has 39 heavy (non-hydrogen) atoms. The number of nitrogens with one attached hydrogen (secondary N) is 1. The number of phenols is 1. The average molecular weight is 555 g/mol. The molecule has 8 nitrogen and oxygen atoms in total. The Bertz CT molecular complexity index is 1380. The number of carbonyl (C=O) groups is 1. The van der Waals surface area contributed by atoms with Crippen molar-refractivity contribution in [1.82, 2.24) is 20.1 Å². The fraction of sp³-hybridized carbons (Fsp3) is 0.320. The van der Waals surface area contributed by atoms with Gasteiger partial charge in [0.15, 0.2) is 5.69 Å². The van der Waals surface area contributed by atoms with Gasteiger partial charge in [-0.15, -0.1) is 12.3 Å². The van der Waals surface area contributed by atoms with Crippen molar-refractivity contribution in [3.05, 3.63) is 47.9 Å². The fourth-order valence-electron chi connectivity index (χ4n) is 3.58. The summed E-state index contributed by atoms with van der Waals surface area (Å²) < 4.78 is 86.2. The molecule has 0 radical (unpaired) electrons. The molecule has 3 rings (SSSR count).